The summed E-state index contributed by atoms with van der Waals surface area (Å²) in [5.41, 5.74) is -0.710. The number of rotatable bonds is 2. The first kappa shape index (κ1) is 9.23. The van der Waals surface area contributed by atoms with Crippen LogP contribution in [0, 0.1) is 5.41 Å². The molecule has 0 aromatic carbocycles. The Morgan fingerprint density at radius 1 is 1.33 bits per heavy atom. The van der Waals surface area contributed by atoms with Gasteiger partial charge in [-0.25, -0.2) is 0 Å². The molecule has 12 heavy (non-hydrogen) atoms. The molecule has 0 aromatic rings. The van der Waals surface area contributed by atoms with Crippen molar-refractivity contribution in [3.63, 3.8) is 0 Å². The summed E-state index contributed by atoms with van der Waals surface area (Å²) < 4.78 is 0. The number of amides is 1. The fraction of sp³-hybridized carbons (Fsp3) is 0.778. The average molecular weight is 169 g/mol. The second-order valence-corrected chi connectivity index (χ2v) is 3.22. The predicted octanol–water partition coefficient (Wildman–Crippen LogP) is 0.882. The molecule has 1 rings (SSSR count). The van der Waals surface area contributed by atoms with Crippen LogP contribution < -0.4 is 5.32 Å². The number of hydrogen-bond acceptors (Lipinski definition) is 2. The third-order valence-corrected chi connectivity index (χ3v) is 2.81. The smallest absolute Gasteiger partial charge is 0.233 e. The molecule has 1 N–H and O–H groups in total. The topological polar surface area (TPSA) is 46.2 Å². The third kappa shape index (κ3) is 1.13. The monoisotopic (exact) mass is 169 g/mol. The van der Waals surface area contributed by atoms with Crippen molar-refractivity contribution in [3.05, 3.63) is 0 Å². The van der Waals surface area contributed by atoms with Crippen molar-refractivity contribution in [1.82, 2.24) is 5.32 Å². The van der Waals surface area contributed by atoms with Crippen LogP contribution in [0.5, 0.6) is 0 Å². The molecule has 0 spiro atoms. The zero-order valence-corrected chi connectivity index (χ0v) is 7.64. The molecule has 3 heteroatoms. The molecule has 0 aromatic heterocycles. The number of nitrogens with one attached hydrogen (secondary N) is 1. The summed E-state index contributed by atoms with van der Waals surface area (Å²) in [7, 11) is 0. The van der Waals surface area contributed by atoms with E-state index in [2.05, 4.69) is 5.32 Å². The molecule has 0 unspecified atom stereocenters. The van der Waals surface area contributed by atoms with E-state index in [1.54, 1.807) is 0 Å². The van der Waals surface area contributed by atoms with Gasteiger partial charge in [-0.2, -0.15) is 0 Å². The maximum absolute atomic E-state index is 11.5. The normalized spacial score (nSPS) is 22.2. The van der Waals surface area contributed by atoms with Crippen LogP contribution in [0.4, 0.5) is 0 Å². The Hall–Kier alpha value is -0.860. The molecule has 1 heterocycles. The van der Waals surface area contributed by atoms with E-state index in [9.17, 15) is 9.59 Å². The van der Waals surface area contributed by atoms with Crippen LogP contribution in [0.3, 0.4) is 0 Å². The number of carbonyl (C=O) groups is 2. The fourth-order valence-electron chi connectivity index (χ4n) is 1.79. The highest BCUT2D eigenvalue weighted by molar-refractivity contribution is 6.07. The van der Waals surface area contributed by atoms with Gasteiger partial charge in [-0.15, -0.1) is 0 Å². The minimum atomic E-state index is -0.710. The fourth-order valence-corrected chi connectivity index (χ4v) is 1.79. The van der Waals surface area contributed by atoms with Gasteiger partial charge in [0.15, 0.2) is 0 Å². The second-order valence-electron chi connectivity index (χ2n) is 3.22. The Morgan fingerprint density at radius 2 is 1.92 bits per heavy atom. The molecule has 1 amide bonds. The lowest BCUT2D eigenvalue weighted by atomic mass is 9.74. The number of Topliss-reactive ketones (excluding diaryl/α,β-unsaturated/α-hetero) is 1. The Balaban J connectivity index is 2.93. The molecular weight excluding hydrogens is 154 g/mol. The van der Waals surface area contributed by atoms with Crippen LogP contribution in [-0.2, 0) is 9.59 Å². The Bertz CT molecular complexity index is 189. The lowest BCUT2D eigenvalue weighted by Gasteiger charge is -2.32. The SMILES string of the molecule is CCC1(CC)C(=O)CCNC1=O. The zero-order chi connectivity index (χ0) is 9.19. The van der Waals surface area contributed by atoms with Gasteiger partial charge in [-0.05, 0) is 12.8 Å². The third-order valence-electron chi connectivity index (χ3n) is 2.81. The maximum Gasteiger partial charge on any atom is 0.233 e. The first-order chi connectivity index (χ1) is 5.67. The van der Waals surface area contributed by atoms with Crippen LogP contribution in [0.25, 0.3) is 0 Å². The van der Waals surface area contributed by atoms with Gasteiger partial charge < -0.3 is 5.32 Å². The van der Waals surface area contributed by atoms with Crippen molar-refractivity contribution in [2.45, 2.75) is 33.1 Å². The van der Waals surface area contributed by atoms with Gasteiger partial charge in [-0.3, -0.25) is 9.59 Å². The van der Waals surface area contributed by atoms with Crippen molar-refractivity contribution >= 4 is 11.7 Å². The Morgan fingerprint density at radius 3 is 2.25 bits per heavy atom. The van der Waals surface area contributed by atoms with E-state index in [4.69, 9.17) is 0 Å². The van der Waals surface area contributed by atoms with Gasteiger partial charge in [-0.1, -0.05) is 13.8 Å². The van der Waals surface area contributed by atoms with E-state index >= 15 is 0 Å². The van der Waals surface area contributed by atoms with Crippen LogP contribution in [0.2, 0.25) is 0 Å². The van der Waals surface area contributed by atoms with Gasteiger partial charge in [0.25, 0.3) is 0 Å². The van der Waals surface area contributed by atoms with Crippen LogP contribution >= 0.6 is 0 Å². The summed E-state index contributed by atoms with van der Waals surface area (Å²) >= 11 is 0. The van der Waals surface area contributed by atoms with E-state index in [0.29, 0.717) is 25.8 Å². The Labute approximate surface area is 72.5 Å². The molecule has 0 radical (unpaired) electrons. The zero-order valence-electron chi connectivity index (χ0n) is 7.64. The lowest BCUT2D eigenvalue weighted by Crippen LogP contribution is -2.51. The molecule has 3 nitrogen and oxygen atoms in total. The number of piperidine rings is 1. The molecule has 0 bridgehead atoms. The van der Waals surface area contributed by atoms with E-state index < -0.39 is 5.41 Å². The lowest BCUT2D eigenvalue weighted by molar-refractivity contribution is -0.145. The van der Waals surface area contributed by atoms with E-state index in [-0.39, 0.29) is 11.7 Å². The highest BCUT2D eigenvalue weighted by Gasteiger charge is 2.43. The predicted molar refractivity (Wildman–Crippen MR) is 45.6 cm³/mol. The Kier molecular flexibility index (Phi) is 2.50. The quantitative estimate of drug-likeness (QED) is 0.624. The first-order valence-corrected chi connectivity index (χ1v) is 4.49. The summed E-state index contributed by atoms with van der Waals surface area (Å²) in [5, 5.41) is 2.75. The standard InChI is InChI=1S/C9H15NO2/c1-3-9(4-2)7(11)5-6-10-8(9)12/h3-6H2,1-2H3,(H,10,12). The maximum atomic E-state index is 11.5. The molecular formula is C9H15NO2. The average Bonchev–Trinajstić information content (AvgIpc) is 2.06. The largest absolute Gasteiger partial charge is 0.355 e. The highest BCUT2D eigenvalue weighted by Crippen LogP contribution is 2.31. The van der Waals surface area contributed by atoms with Gasteiger partial charge >= 0.3 is 0 Å². The van der Waals surface area contributed by atoms with Crippen LogP contribution in [0.1, 0.15) is 33.1 Å². The molecule has 68 valence electrons. The van der Waals surface area contributed by atoms with Crippen molar-refractivity contribution in [1.29, 1.82) is 0 Å². The second kappa shape index (κ2) is 3.25. The number of ketones is 1. The minimum Gasteiger partial charge on any atom is -0.355 e. The van der Waals surface area contributed by atoms with Gasteiger partial charge in [0, 0.05) is 13.0 Å². The molecule has 1 fully saturated rings. The van der Waals surface area contributed by atoms with Gasteiger partial charge in [0.2, 0.25) is 5.91 Å². The van der Waals surface area contributed by atoms with Gasteiger partial charge in [0.1, 0.15) is 11.2 Å². The molecule has 1 aliphatic rings. The van der Waals surface area contributed by atoms with Crippen molar-refractivity contribution in [3.8, 4) is 0 Å². The van der Waals surface area contributed by atoms with Crippen molar-refractivity contribution in [2.24, 2.45) is 5.41 Å². The van der Waals surface area contributed by atoms with Gasteiger partial charge in [0.05, 0.1) is 0 Å². The summed E-state index contributed by atoms with van der Waals surface area (Å²) in [6, 6.07) is 0. The summed E-state index contributed by atoms with van der Waals surface area (Å²) in [5.74, 6) is 0.0278. The van der Waals surface area contributed by atoms with E-state index in [0.717, 1.165) is 0 Å². The molecule has 1 saturated heterocycles. The number of hydrogen-bond donors (Lipinski definition) is 1. The van der Waals surface area contributed by atoms with Crippen molar-refractivity contribution < 1.29 is 9.59 Å². The van der Waals surface area contributed by atoms with E-state index in [1.165, 1.54) is 0 Å². The molecule has 0 saturated carbocycles. The summed E-state index contributed by atoms with van der Waals surface area (Å²) in [4.78, 5) is 23.0. The van der Waals surface area contributed by atoms with Crippen LogP contribution in [-0.4, -0.2) is 18.2 Å². The molecule has 0 aliphatic carbocycles. The van der Waals surface area contributed by atoms with E-state index in [1.807, 2.05) is 13.8 Å². The summed E-state index contributed by atoms with van der Waals surface area (Å²) in [6.07, 6.45) is 1.73. The minimum absolute atomic E-state index is 0.0799. The van der Waals surface area contributed by atoms with Crippen LogP contribution in [0.15, 0.2) is 0 Å². The van der Waals surface area contributed by atoms with Crippen molar-refractivity contribution in [2.75, 3.05) is 6.54 Å². The number of carbonyl (C=O) groups excluding carboxylic acids is 2. The molecule has 0 atom stereocenters. The highest BCUT2D eigenvalue weighted by atomic mass is 16.2. The molecule has 1 aliphatic heterocycles. The first-order valence-electron chi connectivity index (χ1n) is 4.49. The summed E-state index contributed by atoms with van der Waals surface area (Å²) in [6.45, 7) is 4.30.